The molecule has 1 atom stereocenters. The van der Waals surface area contributed by atoms with Crippen molar-refractivity contribution in [1.29, 1.82) is 0 Å². The quantitative estimate of drug-likeness (QED) is 0.682. The molecule has 0 saturated carbocycles. The number of nitrogens with one attached hydrogen (secondary N) is 2. The molecule has 1 fully saturated rings. The van der Waals surface area contributed by atoms with E-state index in [-0.39, 0.29) is 5.91 Å². The molecule has 30 heavy (non-hydrogen) atoms. The molecule has 1 saturated heterocycles. The number of ether oxygens (including phenoxy) is 2. The number of hydrogen-bond acceptors (Lipinski definition) is 5. The van der Waals surface area contributed by atoms with E-state index in [4.69, 9.17) is 9.47 Å². The number of benzene rings is 2. The van der Waals surface area contributed by atoms with Crippen molar-refractivity contribution in [3.8, 4) is 11.5 Å². The van der Waals surface area contributed by atoms with Crippen molar-refractivity contribution in [2.75, 3.05) is 18.1 Å². The number of carbonyl (C=O) groups is 3. The second-order valence-electron chi connectivity index (χ2n) is 6.80. The first-order valence-electron chi connectivity index (χ1n) is 9.88. The zero-order valence-corrected chi connectivity index (χ0v) is 17.0. The fourth-order valence-corrected chi connectivity index (χ4v) is 3.04. The van der Waals surface area contributed by atoms with Crippen LogP contribution in [0, 0.1) is 0 Å². The molecule has 0 unspecified atom stereocenters. The molecular formula is C22H25N3O5. The van der Waals surface area contributed by atoms with Crippen LogP contribution in [0.4, 0.5) is 5.69 Å². The lowest BCUT2D eigenvalue weighted by atomic mass is 10.2. The molecule has 3 amide bonds. The summed E-state index contributed by atoms with van der Waals surface area (Å²) >= 11 is 0. The number of anilines is 1. The SMILES string of the molecule is CCOc1ccc(O[C@H](C)C(=O)NNC(=O)c2ccc(N3CCCC3=O)cc2)cc1. The van der Waals surface area contributed by atoms with Crippen LogP contribution in [0.3, 0.4) is 0 Å². The van der Waals surface area contributed by atoms with Gasteiger partial charge in [-0.05, 0) is 68.8 Å². The van der Waals surface area contributed by atoms with Crippen LogP contribution in [0.2, 0.25) is 0 Å². The zero-order valence-electron chi connectivity index (χ0n) is 17.0. The van der Waals surface area contributed by atoms with Gasteiger partial charge in [-0.25, -0.2) is 0 Å². The van der Waals surface area contributed by atoms with Crippen molar-refractivity contribution in [3.05, 3.63) is 54.1 Å². The van der Waals surface area contributed by atoms with Gasteiger partial charge in [-0.2, -0.15) is 0 Å². The van der Waals surface area contributed by atoms with Crippen molar-refractivity contribution in [3.63, 3.8) is 0 Å². The second-order valence-corrected chi connectivity index (χ2v) is 6.80. The normalized spacial score (nSPS) is 14.2. The van der Waals surface area contributed by atoms with E-state index in [0.29, 0.717) is 36.6 Å². The summed E-state index contributed by atoms with van der Waals surface area (Å²) in [6, 6.07) is 13.6. The Balaban J connectivity index is 1.48. The van der Waals surface area contributed by atoms with Gasteiger partial charge in [0.2, 0.25) is 5.91 Å². The Morgan fingerprint density at radius 2 is 1.70 bits per heavy atom. The lowest BCUT2D eigenvalue weighted by molar-refractivity contribution is -0.128. The highest BCUT2D eigenvalue weighted by Gasteiger charge is 2.22. The average molecular weight is 411 g/mol. The molecule has 0 aromatic heterocycles. The Kier molecular flexibility index (Phi) is 6.90. The highest BCUT2D eigenvalue weighted by molar-refractivity contribution is 5.98. The maximum Gasteiger partial charge on any atom is 0.279 e. The minimum atomic E-state index is -0.813. The maximum atomic E-state index is 12.3. The summed E-state index contributed by atoms with van der Waals surface area (Å²) in [7, 11) is 0. The molecular weight excluding hydrogens is 386 g/mol. The standard InChI is InChI=1S/C22H25N3O5/c1-3-29-18-10-12-19(13-11-18)30-15(2)21(27)23-24-22(28)16-6-8-17(9-7-16)25-14-4-5-20(25)26/h6-13,15H,3-5,14H2,1-2H3,(H,23,27)(H,24,28)/t15-/m1/s1. The van der Waals surface area contributed by atoms with Gasteiger partial charge in [0.1, 0.15) is 11.5 Å². The average Bonchev–Trinajstić information content (AvgIpc) is 3.19. The van der Waals surface area contributed by atoms with E-state index in [1.165, 1.54) is 0 Å². The Morgan fingerprint density at radius 1 is 1.03 bits per heavy atom. The van der Waals surface area contributed by atoms with Gasteiger partial charge < -0.3 is 14.4 Å². The topological polar surface area (TPSA) is 97.0 Å². The summed E-state index contributed by atoms with van der Waals surface area (Å²) in [6.45, 7) is 4.73. The molecule has 1 heterocycles. The summed E-state index contributed by atoms with van der Waals surface area (Å²) in [5.74, 6) is 0.363. The van der Waals surface area contributed by atoms with Crippen LogP contribution in [0.1, 0.15) is 37.0 Å². The van der Waals surface area contributed by atoms with E-state index < -0.39 is 17.9 Å². The number of carbonyl (C=O) groups excluding carboxylic acids is 3. The van der Waals surface area contributed by atoms with Gasteiger partial charge in [-0.15, -0.1) is 0 Å². The van der Waals surface area contributed by atoms with Gasteiger partial charge in [-0.1, -0.05) is 0 Å². The van der Waals surface area contributed by atoms with Crippen LogP contribution in [-0.4, -0.2) is 37.0 Å². The zero-order chi connectivity index (χ0) is 21.5. The van der Waals surface area contributed by atoms with Crippen molar-refractivity contribution in [2.24, 2.45) is 0 Å². The van der Waals surface area contributed by atoms with Crippen molar-refractivity contribution in [1.82, 2.24) is 10.9 Å². The van der Waals surface area contributed by atoms with Crippen molar-refractivity contribution in [2.45, 2.75) is 32.8 Å². The van der Waals surface area contributed by atoms with Crippen molar-refractivity contribution < 1.29 is 23.9 Å². The number of rotatable bonds is 7. The third-order valence-corrected chi connectivity index (χ3v) is 4.63. The van der Waals surface area contributed by atoms with Gasteiger partial charge in [0.05, 0.1) is 6.61 Å². The molecule has 2 N–H and O–H groups in total. The Bertz CT molecular complexity index is 896. The van der Waals surface area contributed by atoms with E-state index in [1.54, 1.807) is 60.4 Å². The molecule has 3 rings (SSSR count). The van der Waals surface area contributed by atoms with Gasteiger partial charge in [0.25, 0.3) is 11.8 Å². The summed E-state index contributed by atoms with van der Waals surface area (Å²) < 4.78 is 10.9. The fraction of sp³-hybridized carbons (Fsp3) is 0.318. The number of nitrogens with zero attached hydrogens (tertiary/aromatic N) is 1. The van der Waals surface area contributed by atoms with E-state index in [9.17, 15) is 14.4 Å². The van der Waals surface area contributed by atoms with E-state index >= 15 is 0 Å². The molecule has 0 spiro atoms. The fourth-order valence-electron chi connectivity index (χ4n) is 3.04. The van der Waals surface area contributed by atoms with Crippen LogP contribution in [0.5, 0.6) is 11.5 Å². The number of amides is 3. The van der Waals surface area contributed by atoms with Crippen LogP contribution in [0.15, 0.2) is 48.5 Å². The van der Waals surface area contributed by atoms with Crippen LogP contribution in [-0.2, 0) is 9.59 Å². The molecule has 2 aromatic carbocycles. The smallest absolute Gasteiger partial charge is 0.279 e. The van der Waals surface area contributed by atoms with Crippen LogP contribution < -0.4 is 25.2 Å². The molecule has 1 aliphatic rings. The van der Waals surface area contributed by atoms with Gasteiger partial charge >= 0.3 is 0 Å². The first-order valence-corrected chi connectivity index (χ1v) is 9.88. The molecule has 158 valence electrons. The third-order valence-electron chi connectivity index (χ3n) is 4.63. The predicted molar refractivity (Wildman–Crippen MR) is 111 cm³/mol. The summed E-state index contributed by atoms with van der Waals surface area (Å²) in [5.41, 5.74) is 5.85. The molecule has 1 aliphatic heterocycles. The number of hydrogen-bond donors (Lipinski definition) is 2. The minimum absolute atomic E-state index is 0.0842. The van der Waals surface area contributed by atoms with Crippen molar-refractivity contribution >= 4 is 23.4 Å². The van der Waals surface area contributed by atoms with E-state index in [0.717, 1.165) is 12.1 Å². The highest BCUT2D eigenvalue weighted by Crippen LogP contribution is 2.21. The number of hydrazine groups is 1. The summed E-state index contributed by atoms with van der Waals surface area (Å²) in [6.07, 6.45) is 0.571. The lowest BCUT2D eigenvalue weighted by Crippen LogP contribution is -2.47. The Hall–Kier alpha value is -3.55. The van der Waals surface area contributed by atoms with Gasteiger partial charge in [-0.3, -0.25) is 25.2 Å². The second kappa shape index (κ2) is 9.78. The van der Waals surface area contributed by atoms with E-state index in [2.05, 4.69) is 10.9 Å². The minimum Gasteiger partial charge on any atom is -0.494 e. The molecule has 2 aromatic rings. The predicted octanol–water partition coefficient (Wildman–Crippen LogP) is 2.44. The molecule has 8 nitrogen and oxygen atoms in total. The maximum absolute atomic E-state index is 12.3. The van der Waals surface area contributed by atoms with Crippen LogP contribution in [0.25, 0.3) is 0 Å². The largest absolute Gasteiger partial charge is 0.494 e. The Morgan fingerprint density at radius 3 is 2.30 bits per heavy atom. The summed E-state index contributed by atoms with van der Waals surface area (Å²) in [4.78, 5) is 38.0. The Labute approximate surface area is 175 Å². The van der Waals surface area contributed by atoms with Crippen LogP contribution >= 0.6 is 0 Å². The first kappa shape index (κ1) is 21.2. The third kappa shape index (κ3) is 5.28. The molecule has 0 aliphatic carbocycles. The molecule has 0 radical (unpaired) electrons. The molecule has 8 heteroatoms. The van der Waals surface area contributed by atoms with Gasteiger partial charge in [0.15, 0.2) is 6.10 Å². The lowest BCUT2D eigenvalue weighted by Gasteiger charge is -2.17. The highest BCUT2D eigenvalue weighted by atomic mass is 16.5. The molecule has 0 bridgehead atoms. The monoisotopic (exact) mass is 411 g/mol. The van der Waals surface area contributed by atoms with Gasteiger partial charge in [0, 0.05) is 24.2 Å². The first-order chi connectivity index (χ1) is 14.5. The van der Waals surface area contributed by atoms with E-state index in [1.807, 2.05) is 6.92 Å². The summed E-state index contributed by atoms with van der Waals surface area (Å²) in [5, 5.41) is 0.